The maximum absolute atomic E-state index is 5.63. The summed E-state index contributed by atoms with van der Waals surface area (Å²) in [5.41, 5.74) is 0. The van der Waals surface area contributed by atoms with Gasteiger partial charge in [-0.3, -0.25) is 0 Å². The number of aromatic nitrogens is 2. The van der Waals surface area contributed by atoms with Crippen molar-refractivity contribution in [1.29, 1.82) is 0 Å². The Morgan fingerprint density at radius 1 is 1.50 bits per heavy atom. The minimum atomic E-state index is 0.681. The van der Waals surface area contributed by atoms with Crippen molar-refractivity contribution < 1.29 is 4.74 Å². The van der Waals surface area contributed by atoms with Crippen LogP contribution in [0.1, 0.15) is 19.8 Å². The number of likely N-dealkylation sites (N-methyl/N-ethyl adjacent to an activating group) is 1. The summed E-state index contributed by atoms with van der Waals surface area (Å²) in [6.07, 6.45) is 4.46. The molecule has 0 spiro atoms. The van der Waals surface area contributed by atoms with Crippen LogP contribution in [-0.4, -0.2) is 43.3 Å². The fraction of sp³-hybridized carbons (Fsp3) is 0.692. The number of nitrogens with zero attached hydrogens (tertiary/aromatic N) is 3. The van der Waals surface area contributed by atoms with Crippen LogP contribution in [0.4, 0.5) is 11.8 Å². The summed E-state index contributed by atoms with van der Waals surface area (Å²) in [7, 11) is 2.03. The predicted octanol–water partition coefficient (Wildman–Crippen LogP) is 1.77. The van der Waals surface area contributed by atoms with E-state index in [1.807, 2.05) is 20.0 Å². The van der Waals surface area contributed by atoms with Gasteiger partial charge in [-0.25, -0.2) is 4.98 Å². The SMILES string of the molecule is CCNc1nccc(N(C)CCOCC2CC2)n1. The summed E-state index contributed by atoms with van der Waals surface area (Å²) in [5, 5.41) is 3.11. The molecule has 0 saturated heterocycles. The lowest BCUT2D eigenvalue weighted by Gasteiger charge is -2.18. The topological polar surface area (TPSA) is 50.3 Å². The third kappa shape index (κ3) is 4.14. The quantitative estimate of drug-likeness (QED) is 0.713. The van der Waals surface area contributed by atoms with Crippen molar-refractivity contribution in [3.63, 3.8) is 0 Å². The van der Waals surface area contributed by atoms with Gasteiger partial charge in [0.15, 0.2) is 0 Å². The Bertz CT molecular complexity index is 368. The zero-order chi connectivity index (χ0) is 12.8. The Hall–Kier alpha value is -1.36. The standard InChI is InChI=1S/C13H22N4O/c1-3-14-13-15-7-6-12(16-13)17(2)8-9-18-10-11-4-5-11/h6-7,11H,3-5,8-10H2,1-2H3,(H,14,15,16). The third-order valence-electron chi connectivity index (χ3n) is 2.99. The van der Waals surface area contributed by atoms with Gasteiger partial charge in [0.1, 0.15) is 5.82 Å². The number of rotatable bonds is 8. The van der Waals surface area contributed by atoms with Gasteiger partial charge in [-0.15, -0.1) is 0 Å². The van der Waals surface area contributed by atoms with Gasteiger partial charge < -0.3 is 15.0 Å². The molecule has 1 heterocycles. The van der Waals surface area contributed by atoms with Crippen LogP contribution in [0.3, 0.4) is 0 Å². The van der Waals surface area contributed by atoms with Crippen molar-refractivity contribution in [1.82, 2.24) is 9.97 Å². The van der Waals surface area contributed by atoms with E-state index < -0.39 is 0 Å². The molecule has 1 saturated carbocycles. The van der Waals surface area contributed by atoms with E-state index in [1.165, 1.54) is 12.8 Å². The summed E-state index contributed by atoms with van der Waals surface area (Å²) in [6, 6.07) is 1.92. The molecule has 0 unspecified atom stereocenters. The highest BCUT2D eigenvalue weighted by atomic mass is 16.5. The Morgan fingerprint density at radius 3 is 3.06 bits per heavy atom. The number of ether oxygens (including phenoxy) is 1. The second-order valence-corrected chi connectivity index (χ2v) is 4.71. The molecule has 2 rings (SSSR count). The number of hydrogen-bond acceptors (Lipinski definition) is 5. The Morgan fingerprint density at radius 2 is 2.33 bits per heavy atom. The van der Waals surface area contributed by atoms with E-state index in [0.29, 0.717) is 5.95 Å². The van der Waals surface area contributed by atoms with Crippen LogP contribution in [0.5, 0.6) is 0 Å². The molecule has 0 amide bonds. The molecule has 18 heavy (non-hydrogen) atoms. The summed E-state index contributed by atoms with van der Waals surface area (Å²) in [5.74, 6) is 2.44. The molecule has 0 radical (unpaired) electrons. The first-order valence-electron chi connectivity index (χ1n) is 6.65. The van der Waals surface area contributed by atoms with Crippen molar-refractivity contribution in [2.75, 3.05) is 43.6 Å². The fourth-order valence-corrected chi connectivity index (χ4v) is 1.66. The number of nitrogens with one attached hydrogen (secondary N) is 1. The molecule has 1 aliphatic carbocycles. The number of hydrogen-bond donors (Lipinski definition) is 1. The van der Waals surface area contributed by atoms with Crippen molar-refractivity contribution in [2.24, 2.45) is 5.92 Å². The van der Waals surface area contributed by atoms with Crippen molar-refractivity contribution in [2.45, 2.75) is 19.8 Å². The Labute approximate surface area is 109 Å². The first-order valence-corrected chi connectivity index (χ1v) is 6.65. The molecule has 100 valence electrons. The van der Waals surface area contributed by atoms with Gasteiger partial charge in [0, 0.05) is 32.9 Å². The molecular formula is C13H22N4O. The summed E-state index contributed by atoms with van der Waals surface area (Å²) >= 11 is 0. The zero-order valence-electron chi connectivity index (χ0n) is 11.2. The van der Waals surface area contributed by atoms with E-state index in [1.54, 1.807) is 6.20 Å². The van der Waals surface area contributed by atoms with Crippen molar-refractivity contribution in [3.05, 3.63) is 12.3 Å². The smallest absolute Gasteiger partial charge is 0.224 e. The normalized spacial score (nSPS) is 14.6. The molecule has 0 aromatic carbocycles. The van der Waals surface area contributed by atoms with E-state index in [9.17, 15) is 0 Å². The summed E-state index contributed by atoms with van der Waals surface area (Å²) in [4.78, 5) is 10.7. The lowest BCUT2D eigenvalue weighted by Crippen LogP contribution is -2.24. The fourth-order valence-electron chi connectivity index (χ4n) is 1.66. The van der Waals surface area contributed by atoms with Crippen LogP contribution in [0.2, 0.25) is 0 Å². The lowest BCUT2D eigenvalue weighted by molar-refractivity contribution is 0.131. The van der Waals surface area contributed by atoms with Gasteiger partial charge in [-0.05, 0) is 31.7 Å². The van der Waals surface area contributed by atoms with E-state index in [4.69, 9.17) is 4.74 Å². The second-order valence-electron chi connectivity index (χ2n) is 4.71. The highest BCUT2D eigenvalue weighted by Crippen LogP contribution is 2.28. The van der Waals surface area contributed by atoms with Crippen LogP contribution in [-0.2, 0) is 4.74 Å². The van der Waals surface area contributed by atoms with Gasteiger partial charge in [-0.1, -0.05) is 0 Å². The number of anilines is 2. The van der Waals surface area contributed by atoms with E-state index >= 15 is 0 Å². The van der Waals surface area contributed by atoms with E-state index in [-0.39, 0.29) is 0 Å². The minimum Gasteiger partial charge on any atom is -0.379 e. The molecule has 1 N–H and O–H groups in total. The van der Waals surface area contributed by atoms with Crippen LogP contribution < -0.4 is 10.2 Å². The third-order valence-corrected chi connectivity index (χ3v) is 2.99. The monoisotopic (exact) mass is 250 g/mol. The molecule has 1 fully saturated rings. The van der Waals surface area contributed by atoms with Crippen LogP contribution in [0.25, 0.3) is 0 Å². The highest BCUT2D eigenvalue weighted by Gasteiger charge is 2.20. The van der Waals surface area contributed by atoms with Gasteiger partial charge in [0.25, 0.3) is 0 Å². The minimum absolute atomic E-state index is 0.681. The van der Waals surface area contributed by atoms with Gasteiger partial charge in [0.2, 0.25) is 5.95 Å². The molecule has 5 heteroatoms. The molecule has 0 atom stereocenters. The molecule has 5 nitrogen and oxygen atoms in total. The molecule has 0 bridgehead atoms. The summed E-state index contributed by atoms with van der Waals surface area (Å²) in [6.45, 7) is 5.40. The first kappa shape index (κ1) is 13.1. The Kier molecular flexibility index (Phi) is 4.75. The maximum Gasteiger partial charge on any atom is 0.224 e. The maximum atomic E-state index is 5.63. The van der Waals surface area contributed by atoms with E-state index in [0.717, 1.165) is 38.0 Å². The van der Waals surface area contributed by atoms with Crippen molar-refractivity contribution in [3.8, 4) is 0 Å². The molecular weight excluding hydrogens is 228 g/mol. The van der Waals surface area contributed by atoms with Crippen molar-refractivity contribution >= 4 is 11.8 Å². The van der Waals surface area contributed by atoms with Crippen LogP contribution in [0.15, 0.2) is 12.3 Å². The average Bonchev–Trinajstić information content (AvgIpc) is 3.19. The van der Waals surface area contributed by atoms with Gasteiger partial charge >= 0.3 is 0 Å². The average molecular weight is 250 g/mol. The zero-order valence-corrected chi connectivity index (χ0v) is 11.2. The Balaban J connectivity index is 1.75. The van der Waals surface area contributed by atoms with Gasteiger partial charge in [0.05, 0.1) is 6.61 Å². The highest BCUT2D eigenvalue weighted by molar-refractivity contribution is 5.41. The summed E-state index contributed by atoms with van der Waals surface area (Å²) < 4.78 is 5.63. The van der Waals surface area contributed by atoms with Crippen LogP contribution >= 0.6 is 0 Å². The molecule has 0 aliphatic heterocycles. The van der Waals surface area contributed by atoms with Gasteiger partial charge in [-0.2, -0.15) is 4.98 Å². The van der Waals surface area contributed by atoms with Crippen LogP contribution in [0, 0.1) is 5.92 Å². The molecule has 1 aromatic heterocycles. The first-order chi connectivity index (χ1) is 8.79. The predicted molar refractivity (Wildman–Crippen MR) is 73.0 cm³/mol. The second kappa shape index (κ2) is 6.54. The largest absolute Gasteiger partial charge is 0.379 e. The molecule has 1 aromatic rings. The molecule has 1 aliphatic rings. The van der Waals surface area contributed by atoms with E-state index in [2.05, 4.69) is 20.2 Å². The lowest BCUT2D eigenvalue weighted by atomic mass is 10.4.